The maximum atomic E-state index is 12.7. The van der Waals surface area contributed by atoms with Gasteiger partial charge in [0, 0.05) is 55.5 Å². The zero-order valence-corrected chi connectivity index (χ0v) is 19.8. The Labute approximate surface area is 204 Å². The number of aromatic nitrogens is 3. The summed E-state index contributed by atoms with van der Waals surface area (Å²) in [6.45, 7) is 6.84. The number of aromatic amines is 1. The molecule has 0 saturated carbocycles. The summed E-state index contributed by atoms with van der Waals surface area (Å²) in [6.07, 6.45) is 3.69. The van der Waals surface area contributed by atoms with Gasteiger partial charge < -0.3 is 20.4 Å². The third-order valence-corrected chi connectivity index (χ3v) is 6.22. The fourth-order valence-corrected chi connectivity index (χ4v) is 4.15. The molecule has 35 heavy (non-hydrogen) atoms. The summed E-state index contributed by atoms with van der Waals surface area (Å²) in [7, 11) is 0. The highest BCUT2D eigenvalue weighted by molar-refractivity contribution is 5.95. The molecule has 4 aromatic rings. The Morgan fingerprint density at radius 3 is 2.69 bits per heavy atom. The van der Waals surface area contributed by atoms with Gasteiger partial charge in [0.05, 0.1) is 18.9 Å². The number of hydrogen-bond donors (Lipinski definition) is 3. The second kappa shape index (κ2) is 10.6. The Bertz CT molecular complexity index is 1260. The molecular formula is C27H30N6O2. The lowest BCUT2D eigenvalue weighted by atomic mass is 10.1. The van der Waals surface area contributed by atoms with Crippen molar-refractivity contribution in [3.63, 3.8) is 0 Å². The van der Waals surface area contributed by atoms with Gasteiger partial charge in [-0.25, -0.2) is 4.68 Å². The van der Waals surface area contributed by atoms with Gasteiger partial charge in [-0.15, -0.1) is 0 Å². The van der Waals surface area contributed by atoms with Gasteiger partial charge in [0.2, 0.25) is 0 Å². The Hall–Kier alpha value is -3.88. The number of anilines is 2. The van der Waals surface area contributed by atoms with Crippen LogP contribution in [0.2, 0.25) is 0 Å². The van der Waals surface area contributed by atoms with Gasteiger partial charge in [0.25, 0.3) is 5.91 Å². The molecule has 2 aromatic carbocycles. The third kappa shape index (κ3) is 5.62. The lowest BCUT2D eigenvalue weighted by Crippen LogP contribution is -2.41. The van der Waals surface area contributed by atoms with Crippen molar-refractivity contribution in [2.75, 3.05) is 44.7 Å². The fraction of sp³-hybridized carbons (Fsp3) is 0.259. The first kappa shape index (κ1) is 22.9. The number of hydrogen-bond acceptors (Lipinski definition) is 5. The first-order chi connectivity index (χ1) is 17.2. The summed E-state index contributed by atoms with van der Waals surface area (Å²) in [5, 5.41) is 10.7. The molecule has 1 aliphatic heterocycles. The summed E-state index contributed by atoms with van der Waals surface area (Å²) in [6, 6.07) is 19.9. The molecule has 1 saturated heterocycles. The van der Waals surface area contributed by atoms with E-state index in [1.54, 1.807) is 6.20 Å². The highest BCUT2D eigenvalue weighted by atomic mass is 16.5. The molecule has 3 N–H and O–H groups in total. The van der Waals surface area contributed by atoms with Crippen LogP contribution >= 0.6 is 0 Å². The first-order valence-electron chi connectivity index (χ1n) is 11.9. The van der Waals surface area contributed by atoms with E-state index in [1.807, 2.05) is 66.3 Å². The van der Waals surface area contributed by atoms with Crippen LogP contribution in [0.3, 0.4) is 0 Å². The van der Waals surface area contributed by atoms with E-state index in [4.69, 9.17) is 4.74 Å². The van der Waals surface area contributed by atoms with E-state index in [0.29, 0.717) is 12.1 Å². The van der Waals surface area contributed by atoms with E-state index in [2.05, 4.69) is 37.7 Å². The molecule has 3 heterocycles. The molecule has 0 unspecified atom stereocenters. The van der Waals surface area contributed by atoms with Crippen molar-refractivity contribution in [1.29, 1.82) is 0 Å². The van der Waals surface area contributed by atoms with Crippen molar-refractivity contribution >= 4 is 17.4 Å². The molecule has 0 bridgehead atoms. The molecule has 1 fully saturated rings. The fourth-order valence-electron chi connectivity index (χ4n) is 4.15. The van der Waals surface area contributed by atoms with Gasteiger partial charge in [0.1, 0.15) is 5.82 Å². The van der Waals surface area contributed by atoms with Gasteiger partial charge in [-0.1, -0.05) is 18.2 Å². The number of rotatable bonds is 8. The normalized spacial score (nSPS) is 14.1. The Balaban J connectivity index is 1.21. The van der Waals surface area contributed by atoms with Crippen LogP contribution in [0.5, 0.6) is 0 Å². The number of nitrogens with zero attached hydrogens (tertiary/aromatic N) is 3. The second-order valence-electron chi connectivity index (χ2n) is 8.65. The van der Waals surface area contributed by atoms with Crippen LogP contribution in [-0.4, -0.2) is 65.0 Å². The predicted molar refractivity (Wildman–Crippen MR) is 137 cm³/mol. The van der Waals surface area contributed by atoms with Crippen LogP contribution in [0.4, 0.5) is 11.5 Å². The smallest absolute Gasteiger partial charge is 0.251 e. The highest BCUT2D eigenvalue weighted by Gasteiger charge is 2.12. The number of carbonyl (C=O) groups is 1. The summed E-state index contributed by atoms with van der Waals surface area (Å²) < 4.78 is 7.21. The lowest BCUT2D eigenvalue weighted by molar-refractivity contribution is 0.0383. The summed E-state index contributed by atoms with van der Waals surface area (Å²) in [5.74, 6) is 0.801. The molecule has 8 nitrogen and oxygen atoms in total. The largest absolute Gasteiger partial charge is 0.379 e. The summed E-state index contributed by atoms with van der Waals surface area (Å²) in [4.78, 5) is 18.4. The number of benzene rings is 2. The molecule has 1 amide bonds. The summed E-state index contributed by atoms with van der Waals surface area (Å²) >= 11 is 0. The van der Waals surface area contributed by atoms with Crippen molar-refractivity contribution in [1.82, 2.24) is 25.0 Å². The maximum absolute atomic E-state index is 12.7. The molecule has 1 aliphatic rings. The van der Waals surface area contributed by atoms with E-state index in [9.17, 15) is 4.79 Å². The van der Waals surface area contributed by atoms with Gasteiger partial charge in [-0.2, -0.15) is 5.10 Å². The monoisotopic (exact) mass is 470 g/mol. The van der Waals surface area contributed by atoms with Gasteiger partial charge in [-0.05, 0) is 60.5 Å². The minimum Gasteiger partial charge on any atom is -0.379 e. The Morgan fingerprint density at radius 1 is 1.09 bits per heavy atom. The highest BCUT2D eigenvalue weighted by Crippen LogP contribution is 2.26. The second-order valence-corrected chi connectivity index (χ2v) is 8.65. The van der Waals surface area contributed by atoms with E-state index < -0.39 is 0 Å². The van der Waals surface area contributed by atoms with Crippen molar-refractivity contribution in [3.05, 3.63) is 84.2 Å². The van der Waals surface area contributed by atoms with E-state index >= 15 is 0 Å². The number of amides is 1. The van der Waals surface area contributed by atoms with E-state index in [1.165, 1.54) is 0 Å². The quantitative estimate of drug-likeness (QED) is 0.363. The van der Waals surface area contributed by atoms with Crippen molar-refractivity contribution in [2.24, 2.45) is 0 Å². The number of morpholine rings is 1. The average molecular weight is 471 g/mol. The maximum Gasteiger partial charge on any atom is 0.251 e. The molecule has 0 aliphatic carbocycles. The number of aryl methyl sites for hydroxylation is 1. The molecule has 8 heteroatoms. The molecule has 180 valence electrons. The van der Waals surface area contributed by atoms with Crippen LogP contribution in [0, 0.1) is 6.92 Å². The van der Waals surface area contributed by atoms with Crippen molar-refractivity contribution in [2.45, 2.75) is 6.92 Å². The van der Waals surface area contributed by atoms with Crippen LogP contribution in [0.15, 0.2) is 73.1 Å². The van der Waals surface area contributed by atoms with Gasteiger partial charge in [0.15, 0.2) is 0 Å². The standard InChI is InChI=1S/C27H30N6O2/c1-20-3-4-22(27(34)28-12-14-32-15-17-35-18-16-32)19-25(20)31-26-10-9-24(30-26)21-5-7-23(8-6-21)33-13-2-11-29-33/h2-11,13,19,30-31H,12,14-18H2,1H3,(H,28,34). The van der Waals surface area contributed by atoms with Crippen molar-refractivity contribution in [3.8, 4) is 16.9 Å². The minimum absolute atomic E-state index is 0.0641. The minimum atomic E-state index is -0.0641. The first-order valence-corrected chi connectivity index (χ1v) is 11.9. The third-order valence-electron chi connectivity index (χ3n) is 6.22. The zero-order valence-electron chi connectivity index (χ0n) is 19.8. The van der Waals surface area contributed by atoms with Crippen LogP contribution in [0.1, 0.15) is 15.9 Å². The van der Waals surface area contributed by atoms with Crippen LogP contribution < -0.4 is 10.6 Å². The molecular weight excluding hydrogens is 440 g/mol. The Morgan fingerprint density at radius 2 is 1.91 bits per heavy atom. The SMILES string of the molecule is Cc1ccc(C(=O)NCCN2CCOCC2)cc1Nc1ccc(-c2ccc(-n3cccn3)cc2)[nH]1. The molecule has 2 aromatic heterocycles. The summed E-state index contributed by atoms with van der Waals surface area (Å²) in [5.41, 5.74) is 5.71. The Kier molecular flexibility index (Phi) is 6.92. The van der Waals surface area contributed by atoms with Gasteiger partial charge in [-0.3, -0.25) is 9.69 Å². The number of ether oxygens (including phenoxy) is 1. The molecule has 0 spiro atoms. The van der Waals surface area contributed by atoms with E-state index in [0.717, 1.165) is 66.9 Å². The lowest BCUT2D eigenvalue weighted by Gasteiger charge is -2.26. The van der Waals surface area contributed by atoms with Gasteiger partial charge >= 0.3 is 0 Å². The predicted octanol–water partition coefficient (Wildman–Crippen LogP) is 3.98. The molecule has 0 radical (unpaired) electrons. The van der Waals surface area contributed by atoms with Crippen molar-refractivity contribution < 1.29 is 9.53 Å². The number of H-pyrrole nitrogens is 1. The molecule has 0 atom stereocenters. The van der Waals surface area contributed by atoms with Crippen LogP contribution in [0.25, 0.3) is 16.9 Å². The van der Waals surface area contributed by atoms with Crippen LogP contribution in [-0.2, 0) is 4.74 Å². The number of carbonyl (C=O) groups excluding carboxylic acids is 1. The zero-order chi connectivity index (χ0) is 24.0. The number of nitrogens with one attached hydrogen (secondary N) is 3. The topological polar surface area (TPSA) is 87.2 Å². The average Bonchev–Trinajstić information content (AvgIpc) is 3.59. The van der Waals surface area contributed by atoms with E-state index in [-0.39, 0.29) is 5.91 Å². The molecule has 5 rings (SSSR count).